The largest absolute Gasteiger partial charge is 0.435 e. The highest BCUT2D eigenvalue weighted by atomic mass is 19.3. The molecule has 0 fully saturated rings. The molecule has 0 aliphatic carbocycles. The first kappa shape index (κ1) is 15.4. The fraction of sp³-hybridized carbons (Fsp3) is 0.462. The number of carbonyl (C=O) groups is 1. The van der Waals surface area contributed by atoms with Crippen molar-refractivity contribution in [1.29, 1.82) is 0 Å². The first-order chi connectivity index (χ1) is 8.72. The number of hydrogen-bond acceptors (Lipinski definition) is 3. The van der Waals surface area contributed by atoms with Crippen molar-refractivity contribution in [1.82, 2.24) is 5.32 Å². The zero-order valence-corrected chi connectivity index (χ0v) is 11.1. The summed E-state index contributed by atoms with van der Waals surface area (Å²) in [5.41, 5.74) is 5.40. The highest BCUT2D eigenvalue weighted by Crippen LogP contribution is 2.17. The van der Waals surface area contributed by atoms with Gasteiger partial charge in [0.1, 0.15) is 5.75 Å². The van der Waals surface area contributed by atoms with E-state index >= 15 is 0 Å². The van der Waals surface area contributed by atoms with Crippen LogP contribution >= 0.6 is 0 Å². The third-order valence-electron chi connectivity index (χ3n) is 2.90. The van der Waals surface area contributed by atoms with Gasteiger partial charge in [0.05, 0.1) is 0 Å². The molecule has 0 saturated heterocycles. The summed E-state index contributed by atoms with van der Waals surface area (Å²) in [5.74, 6) is -0.441. The first-order valence-corrected chi connectivity index (χ1v) is 5.85. The summed E-state index contributed by atoms with van der Waals surface area (Å²) in [7, 11) is 0. The van der Waals surface area contributed by atoms with Gasteiger partial charge in [0.15, 0.2) is 0 Å². The van der Waals surface area contributed by atoms with Gasteiger partial charge in [-0.1, -0.05) is 6.07 Å². The van der Waals surface area contributed by atoms with Crippen LogP contribution in [-0.2, 0) is 0 Å². The van der Waals surface area contributed by atoms with Crippen molar-refractivity contribution in [2.24, 2.45) is 5.73 Å². The summed E-state index contributed by atoms with van der Waals surface area (Å²) in [6.45, 7) is 2.43. The number of nitrogens with one attached hydrogen (secondary N) is 1. The molecule has 4 nitrogen and oxygen atoms in total. The van der Waals surface area contributed by atoms with E-state index in [-0.39, 0.29) is 23.3 Å². The average Bonchev–Trinajstić information content (AvgIpc) is 2.27. The molecule has 0 radical (unpaired) electrons. The number of rotatable bonds is 5. The molecule has 1 amide bonds. The van der Waals surface area contributed by atoms with E-state index < -0.39 is 12.2 Å². The standard InChI is InChI=1S/C13H18F2N2O2/c1-8(16)13(2,3)17-11(18)9-5-4-6-10(7-9)19-12(14)15/h4-8,12H,16H2,1-3H3,(H,17,18). The molecular weight excluding hydrogens is 254 g/mol. The monoisotopic (exact) mass is 272 g/mol. The predicted molar refractivity (Wildman–Crippen MR) is 68.3 cm³/mol. The molecule has 19 heavy (non-hydrogen) atoms. The van der Waals surface area contributed by atoms with Crippen molar-refractivity contribution in [2.75, 3.05) is 0 Å². The van der Waals surface area contributed by atoms with Crippen LogP contribution in [-0.4, -0.2) is 24.1 Å². The second-order valence-electron chi connectivity index (χ2n) is 4.87. The normalized spacial score (nSPS) is 13.2. The van der Waals surface area contributed by atoms with Crippen LogP contribution in [0.15, 0.2) is 24.3 Å². The molecule has 1 aromatic rings. The summed E-state index contributed by atoms with van der Waals surface area (Å²) in [6.07, 6.45) is 0. The van der Waals surface area contributed by atoms with Crippen LogP contribution in [0.25, 0.3) is 0 Å². The van der Waals surface area contributed by atoms with Gasteiger partial charge in [0.25, 0.3) is 5.91 Å². The molecule has 1 unspecified atom stereocenters. The maximum absolute atomic E-state index is 12.1. The first-order valence-electron chi connectivity index (χ1n) is 5.85. The number of alkyl halides is 2. The molecule has 0 spiro atoms. The van der Waals surface area contributed by atoms with Gasteiger partial charge in [0.2, 0.25) is 0 Å². The summed E-state index contributed by atoms with van der Waals surface area (Å²) in [5, 5.41) is 2.75. The Morgan fingerprint density at radius 2 is 2.05 bits per heavy atom. The van der Waals surface area contributed by atoms with Crippen molar-refractivity contribution in [3.05, 3.63) is 29.8 Å². The molecule has 106 valence electrons. The van der Waals surface area contributed by atoms with E-state index in [1.165, 1.54) is 24.3 Å². The molecule has 1 rings (SSSR count). The highest BCUT2D eigenvalue weighted by Gasteiger charge is 2.25. The number of ether oxygens (including phenoxy) is 1. The molecule has 0 aliphatic heterocycles. The van der Waals surface area contributed by atoms with E-state index in [0.717, 1.165) is 0 Å². The van der Waals surface area contributed by atoms with E-state index in [2.05, 4.69) is 10.1 Å². The van der Waals surface area contributed by atoms with Gasteiger partial charge in [-0.15, -0.1) is 0 Å². The Balaban J connectivity index is 2.83. The Morgan fingerprint density at radius 3 is 2.58 bits per heavy atom. The van der Waals surface area contributed by atoms with E-state index in [0.29, 0.717) is 0 Å². The van der Waals surface area contributed by atoms with E-state index in [4.69, 9.17) is 5.73 Å². The lowest BCUT2D eigenvalue weighted by atomic mass is 9.96. The summed E-state index contributed by atoms with van der Waals surface area (Å²) >= 11 is 0. The lowest BCUT2D eigenvalue weighted by molar-refractivity contribution is -0.0498. The number of benzene rings is 1. The number of nitrogens with two attached hydrogens (primary N) is 1. The molecule has 0 heterocycles. The van der Waals surface area contributed by atoms with Gasteiger partial charge >= 0.3 is 6.61 Å². The lowest BCUT2D eigenvalue weighted by Gasteiger charge is -2.30. The molecular formula is C13H18F2N2O2. The molecule has 6 heteroatoms. The van der Waals surface area contributed by atoms with Crippen molar-refractivity contribution in [2.45, 2.75) is 39.0 Å². The Bertz CT molecular complexity index is 448. The van der Waals surface area contributed by atoms with Gasteiger partial charge < -0.3 is 15.8 Å². The maximum atomic E-state index is 12.1. The third-order valence-corrected chi connectivity index (χ3v) is 2.90. The zero-order chi connectivity index (χ0) is 14.6. The number of hydrogen-bond donors (Lipinski definition) is 2. The Labute approximate surface area is 110 Å². The topological polar surface area (TPSA) is 64.3 Å². The number of halogens is 2. The molecule has 0 aromatic heterocycles. The predicted octanol–water partition coefficient (Wildman–Crippen LogP) is 2.14. The SMILES string of the molecule is CC(N)C(C)(C)NC(=O)c1cccc(OC(F)F)c1. The zero-order valence-electron chi connectivity index (χ0n) is 11.1. The van der Waals surface area contributed by atoms with Crippen LogP contribution in [0.3, 0.4) is 0 Å². The van der Waals surface area contributed by atoms with Crippen LogP contribution in [0, 0.1) is 0 Å². The van der Waals surface area contributed by atoms with Crippen molar-refractivity contribution in [3.63, 3.8) is 0 Å². The van der Waals surface area contributed by atoms with Gasteiger partial charge in [-0.3, -0.25) is 4.79 Å². The minimum absolute atomic E-state index is 0.0544. The fourth-order valence-electron chi connectivity index (χ4n) is 1.29. The van der Waals surface area contributed by atoms with Gasteiger partial charge in [-0.2, -0.15) is 8.78 Å². The van der Waals surface area contributed by atoms with Crippen LogP contribution in [0.2, 0.25) is 0 Å². The Kier molecular flexibility index (Phi) is 4.83. The van der Waals surface area contributed by atoms with Gasteiger partial charge in [0, 0.05) is 17.1 Å². The van der Waals surface area contributed by atoms with Crippen LogP contribution in [0.5, 0.6) is 5.75 Å². The molecule has 1 atom stereocenters. The summed E-state index contributed by atoms with van der Waals surface area (Å²) in [4.78, 5) is 12.0. The second-order valence-corrected chi connectivity index (χ2v) is 4.87. The number of carbonyl (C=O) groups excluding carboxylic acids is 1. The van der Waals surface area contributed by atoms with Crippen LogP contribution in [0.1, 0.15) is 31.1 Å². The maximum Gasteiger partial charge on any atom is 0.387 e. The van der Waals surface area contributed by atoms with E-state index in [9.17, 15) is 13.6 Å². The lowest BCUT2D eigenvalue weighted by Crippen LogP contribution is -2.54. The van der Waals surface area contributed by atoms with E-state index in [1.54, 1.807) is 20.8 Å². The third kappa shape index (κ3) is 4.48. The van der Waals surface area contributed by atoms with Gasteiger partial charge in [-0.05, 0) is 39.0 Å². The minimum Gasteiger partial charge on any atom is -0.435 e. The second kappa shape index (κ2) is 5.97. The van der Waals surface area contributed by atoms with E-state index in [1.807, 2.05) is 0 Å². The Morgan fingerprint density at radius 1 is 1.42 bits per heavy atom. The molecule has 0 aliphatic rings. The quantitative estimate of drug-likeness (QED) is 0.863. The molecule has 0 bridgehead atoms. The summed E-state index contributed by atoms with van der Waals surface area (Å²) in [6, 6.07) is 5.37. The minimum atomic E-state index is -2.92. The molecule has 0 saturated carbocycles. The molecule has 3 N–H and O–H groups in total. The highest BCUT2D eigenvalue weighted by molar-refractivity contribution is 5.95. The smallest absolute Gasteiger partial charge is 0.387 e. The Hall–Kier alpha value is -1.69. The molecule has 1 aromatic carbocycles. The van der Waals surface area contributed by atoms with Crippen LogP contribution in [0.4, 0.5) is 8.78 Å². The number of amides is 1. The summed E-state index contributed by atoms with van der Waals surface area (Å²) < 4.78 is 28.4. The van der Waals surface area contributed by atoms with Gasteiger partial charge in [-0.25, -0.2) is 0 Å². The van der Waals surface area contributed by atoms with Crippen LogP contribution < -0.4 is 15.8 Å². The van der Waals surface area contributed by atoms with Crippen molar-refractivity contribution >= 4 is 5.91 Å². The fourth-order valence-corrected chi connectivity index (χ4v) is 1.29. The average molecular weight is 272 g/mol. The van der Waals surface area contributed by atoms with Crippen molar-refractivity contribution in [3.8, 4) is 5.75 Å². The van der Waals surface area contributed by atoms with Crippen molar-refractivity contribution < 1.29 is 18.3 Å².